The summed E-state index contributed by atoms with van der Waals surface area (Å²) >= 11 is 0. The van der Waals surface area contributed by atoms with Gasteiger partial charge in [0.25, 0.3) is 0 Å². The average molecular weight is 306 g/mol. The van der Waals surface area contributed by atoms with Gasteiger partial charge in [-0.05, 0) is 31.0 Å². The first-order chi connectivity index (χ1) is 10.5. The highest BCUT2D eigenvalue weighted by molar-refractivity contribution is 5.88. The summed E-state index contributed by atoms with van der Waals surface area (Å²) in [7, 11) is 3.43. The molecule has 0 aliphatic carbocycles. The number of anilines is 1. The number of carbonyl (C=O) groups is 1. The lowest BCUT2D eigenvalue weighted by molar-refractivity contribution is -0.114. The number of methoxy groups -OCH3 is 1. The molecule has 0 fully saturated rings. The summed E-state index contributed by atoms with van der Waals surface area (Å²) in [6.07, 6.45) is 0.875. The van der Waals surface area contributed by atoms with Crippen molar-refractivity contribution >= 4 is 17.6 Å². The molecular weight excluding hydrogens is 280 g/mol. The quantitative estimate of drug-likeness (QED) is 0.526. The molecular formula is C16H26N4O2. The Morgan fingerprint density at radius 2 is 2.00 bits per heavy atom. The SMILES string of the molecule is CN=C(NCCc1ccc(NC(C)=O)cc1)NC(C)COC. The first-order valence-electron chi connectivity index (χ1n) is 7.37. The van der Waals surface area contributed by atoms with Gasteiger partial charge >= 0.3 is 0 Å². The zero-order valence-corrected chi connectivity index (χ0v) is 13.8. The number of guanidine groups is 1. The maximum Gasteiger partial charge on any atom is 0.221 e. The number of hydrogen-bond donors (Lipinski definition) is 3. The van der Waals surface area contributed by atoms with Crippen LogP contribution < -0.4 is 16.0 Å². The molecule has 0 heterocycles. The van der Waals surface area contributed by atoms with E-state index in [-0.39, 0.29) is 11.9 Å². The van der Waals surface area contributed by atoms with Crippen molar-refractivity contribution in [2.45, 2.75) is 26.3 Å². The normalized spacial score (nSPS) is 12.6. The van der Waals surface area contributed by atoms with Crippen LogP contribution in [0.25, 0.3) is 0 Å². The molecule has 22 heavy (non-hydrogen) atoms. The van der Waals surface area contributed by atoms with Crippen molar-refractivity contribution in [1.82, 2.24) is 10.6 Å². The van der Waals surface area contributed by atoms with Crippen LogP contribution in [0.3, 0.4) is 0 Å². The Hall–Kier alpha value is -2.08. The molecule has 1 unspecified atom stereocenters. The fourth-order valence-electron chi connectivity index (χ4n) is 2.00. The maximum absolute atomic E-state index is 11.0. The van der Waals surface area contributed by atoms with E-state index < -0.39 is 0 Å². The molecule has 0 aromatic heterocycles. The zero-order valence-electron chi connectivity index (χ0n) is 13.8. The van der Waals surface area contributed by atoms with E-state index >= 15 is 0 Å². The van der Waals surface area contributed by atoms with Gasteiger partial charge in [0.05, 0.1) is 6.61 Å². The lowest BCUT2D eigenvalue weighted by Crippen LogP contribution is -2.44. The number of nitrogens with one attached hydrogen (secondary N) is 3. The lowest BCUT2D eigenvalue weighted by Gasteiger charge is -2.17. The molecule has 1 aromatic rings. The topological polar surface area (TPSA) is 74.8 Å². The summed E-state index contributed by atoms with van der Waals surface area (Å²) in [6, 6.07) is 8.04. The van der Waals surface area contributed by atoms with Crippen LogP contribution in [0.5, 0.6) is 0 Å². The van der Waals surface area contributed by atoms with Crippen LogP contribution in [0.4, 0.5) is 5.69 Å². The van der Waals surface area contributed by atoms with Gasteiger partial charge < -0.3 is 20.7 Å². The Morgan fingerprint density at radius 3 is 2.55 bits per heavy atom. The smallest absolute Gasteiger partial charge is 0.221 e. The third-order valence-corrected chi connectivity index (χ3v) is 3.00. The molecule has 3 N–H and O–H groups in total. The van der Waals surface area contributed by atoms with Gasteiger partial charge in [-0.1, -0.05) is 12.1 Å². The fraction of sp³-hybridized carbons (Fsp3) is 0.500. The second-order valence-corrected chi connectivity index (χ2v) is 5.13. The van der Waals surface area contributed by atoms with E-state index in [0.29, 0.717) is 6.61 Å². The van der Waals surface area contributed by atoms with Gasteiger partial charge in [-0.15, -0.1) is 0 Å². The number of amides is 1. The molecule has 1 aromatic carbocycles. The van der Waals surface area contributed by atoms with Gasteiger partial charge in [-0.25, -0.2) is 0 Å². The summed E-state index contributed by atoms with van der Waals surface area (Å²) in [4.78, 5) is 15.1. The summed E-state index contributed by atoms with van der Waals surface area (Å²) in [6.45, 7) is 4.95. The zero-order chi connectivity index (χ0) is 16.4. The number of carbonyl (C=O) groups excluding carboxylic acids is 1. The van der Waals surface area contributed by atoms with Crippen LogP contribution in [0.15, 0.2) is 29.3 Å². The van der Waals surface area contributed by atoms with Crippen molar-refractivity contribution in [2.75, 3.05) is 32.6 Å². The minimum Gasteiger partial charge on any atom is -0.383 e. The maximum atomic E-state index is 11.0. The van der Waals surface area contributed by atoms with Crippen molar-refractivity contribution in [1.29, 1.82) is 0 Å². The third-order valence-electron chi connectivity index (χ3n) is 3.00. The minimum atomic E-state index is -0.0607. The van der Waals surface area contributed by atoms with Crippen molar-refractivity contribution in [3.8, 4) is 0 Å². The van der Waals surface area contributed by atoms with E-state index in [9.17, 15) is 4.79 Å². The summed E-state index contributed by atoms with van der Waals surface area (Å²) in [5.74, 6) is 0.703. The average Bonchev–Trinajstić information content (AvgIpc) is 2.47. The van der Waals surface area contributed by atoms with Gasteiger partial charge in [0, 0.05) is 39.4 Å². The Labute approximate surface area is 132 Å². The van der Waals surface area contributed by atoms with Crippen LogP contribution in [-0.4, -0.2) is 45.2 Å². The molecule has 0 aliphatic rings. The molecule has 0 aliphatic heterocycles. The number of rotatable bonds is 7. The highest BCUT2D eigenvalue weighted by Crippen LogP contribution is 2.09. The Bertz CT molecular complexity index is 485. The van der Waals surface area contributed by atoms with Gasteiger partial charge in [0.15, 0.2) is 5.96 Å². The first kappa shape index (κ1) is 18.0. The predicted octanol–water partition coefficient (Wildman–Crippen LogP) is 1.39. The van der Waals surface area contributed by atoms with Crippen LogP contribution in [-0.2, 0) is 16.0 Å². The monoisotopic (exact) mass is 306 g/mol. The first-order valence-corrected chi connectivity index (χ1v) is 7.37. The van der Waals surface area contributed by atoms with Gasteiger partial charge in [0.1, 0.15) is 0 Å². The molecule has 0 spiro atoms. The number of ether oxygens (including phenoxy) is 1. The Morgan fingerprint density at radius 1 is 1.32 bits per heavy atom. The van der Waals surface area contributed by atoms with E-state index in [0.717, 1.165) is 24.6 Å². The predicted molar refractivity (Wildman–Crippen MR) is 90.3 cm³/mol. The minimum absolute atomic E-state index is 0.0607. The van der Waals surface area contributed by atoms with Crippen molar-refractivity contribution in [3.63, 3.8) is 0 Å². The van der Waals surface area contributed by atoms with Gasteiger partial charge in [0.2, 0.25) is 5.91 Å². The standard InChI is InChI=1S/C16H26N4O2/c1-12(11-22-4)19-16(17-3)18-10-9-14-5-7-15(8-6-14)20-13(2)21/h5-8,12H,9-11H2,1-4H3,(H,20,21)(H2,17,18,19). The van der Waals surface area contributed by atoms with Crippen molar-refractivity contribution in [3.05, 3.63) is 29.8 Å². The molecule has 1 rings (SSSR count). The number of nitrogens with zero attached hydrogens (tertiary/aromatic N) is 1. The van der Waals surface area contributed by atoms with E-state index in [4.69, 9.17) is 4.74 Å². The van der Waals surface area contributed by atoms with Crippen LogP contribution >= 0.6 is 0 Å². The number of hydrogen-bond acceptors (Lipinski definition) is 3. The molecule has 122 valence electrons. The second kappa shape index (κ2) is 9.78. The molecule has 1 atom stereocenters. The summed E-state index contributed by atoms with van der Waals surface area (Å²) < 4.78 is 5.09. The lowest BCUT2D eigenvalue weighted by atomic mass is 10.1. The summed E-state index contributed by atoms with van der Waals surface area (Å²) in [5.41, 5.74) is 2.01. The fourth-order valence-corrected chi connectivity index (χ4v) is 2.00. The van der Waals surface area contributed by atoms with Crippen LogP contribution in [0.2, 0.25) is 0 Å². The second-order valence-electron chi connectivity index (χ2n) is 5.13. The number of aliphatic imine (C=N–C) groups is 1. The van der Waals surface area contributed by atoms with Crippen LogP contribution in [0, 0.1) is 0 Å². The molecule has 0 saturated carbocycles. The molecule has 0 bridgehead atoms. The third kappa shape index (κ3) is 7.08. The molecule has 6 nitrogen and oxygen atoms in total. The molecule has 0 radical (unpaired) electrons. The molecule has 1 amide bonds. The molecule has 6 heteroatoms. The van der Waals surface area contributed by atoms with Gasteiger partial charge in [-0.2, -0.15) is 0 Å². The van der Waals surface area contributed by atoms with Gasteiger partial charge in [-0.3, -0.25) is 9.79 Å². The van der Waals surface area contributed by atoms with Crippen LogP contribution in [0.1, 0.15) is 19.4 Å². The van der Waals surface area contributed by atoms with E-state index in [1.54, 1.807) is 14.2 Å². The number of benzene rings is 1. The van der Waals surface area contributed by atoms with Crippen molar-refractivity contribution in [2.24, 2.45) is 4.99 Å². The van der Waals surface area contributed by atoms with Crippen molar-refractivity contribution < 1.29 is 9.53 Å². The Kier molecular flexibility index (Phi) is 7.99. The van der Waals surface area contributed by atoms with E-state index in [1.165, 1.54) is 12.5 Å². The van der Waals surface area contributed by atoms with E-state index in [2.05, 4.69) is 20.9 Å². The highest BCUT2D eigenvalue weighted by Gasteiger charge is 2.04. The van der Waals surface area contributed by atoms with E-state index in [1.807, 2.05) is 31.2 Å². The Balaban J connectivity index is 2.37. The summed E-state index contributed by atoms with van der Waals surface area (Å²) in [5, 5.41) is 9.27. The largest absolute Gasteiger partial charge is 0.383 e. The molecule has 0 saturated heterocycles. The highest BCUT2D eigenvalue weighted by atomic mass is 16.5.